The maximum atomic E-state index is 11.2. The number of nitrogens with zero attached hydrogens (tertiary/aromatic N) is 2. The van der Waals surface area contributed by atoms with Crippen molar-refractivity contribution >= 4 is 0 Å². The smallest absolute Gasteiger partial charge is 0.266 e. The van der Waals surface area contributed by atoms with Gasteiger partial charge in [-0.3, -0.25) is 4.79 Å². The average Bonchev–Trinajstić information content (AvgIpc) is 2.15. The molecule has 0 spiro atoms. The van der Waals surface area contributed by atoms with Crippen LogP contribution in [-0.2, 0) is 6.54 Å². The van der Waals surface area contributed by atoms with Crippen molar-refractivity contribution in [2.45, 2.75) is 25.8 Å². The second-order valence-electron chi connectivity index (χ2n) is 2.93. The largest absolute Gasteiger partial charge is 0.330 e. The second-order valence-corrected chi connectivity index (χ2v) is 2.93. The van der Waals surface area contributed by atoms with E-state index in [-0.39, 0.29) is 5.56 Å². The van der Waals surface area contributed by atoms with Gasteiger partial charge in [-0.25, -0.2) is 4.68 Å². The Kier molecular flexibility index (Phi) is 4.18. The molecule has 0 aliphatic rings. The molecule has 72 valence electrons. The van der Waals surface area contributed by atoms with Gasteiger partial charge in [-0.2, -0.15) is 5.10 Å². The summed E-state index contributed by atoms with van der Waals surface area (Å²) in [5, 5.41) is 3.95. The van der Waals surface area contributed by atoms with Crippen LogP contribution in [-0.4, -0.2) is 16.3 Å². The monoisotopic (exact) mass is 181 g/mol. The third-order valence-corrected chi connectivity index (χ3v) is 1.86. The first-order valence-corrected chi connectivity index (χ1v) is 4.57. The standard InChI is InChI=1S/C9H15N3O/c10-6-2-1-3-8-12-9(13)5-4-7-11-12/h4-5,7H,1-3,6,8,10H2. The lowest BCUT2D eigenvalue weighted by atomic mass is 10.2. The highest BCUT2D eigenvalue weighted by Crippen LogP contribution is 1.94. The number of aryl methyl sites for hydroxylation is 1. The lowest BCUT2D eigenvalue weighted by Crippen LogP contribution is -2.21. The minimum absolute atomic E-state index is 0.0322. The quantitative estimate of drug-likeness (QED) is 0.668. The number of hydrogen-bond acceptors (Lipinski definition) is 3. The summed E-state index contributed by atoms with van der Waals surface area (Å²) >= 11 is 0. The van der Waals surface area contributed by atoms with E-state index < -0.39 is 0 Å². The van der Waals surface area contributed by atoms with E-state index in [1.807, 2.05) is 0 Å². The maximum Gasteiger partial charge on any atom is 0.266 e. The average molecular weight is 181 g/mol. The molecule has 1 aromatic heterocycles. The van der Waals surface area contributed by atoms with E-state index >= 15 is 0 Å². The highest BCUT2D eigenvalue weighted by atomic mass is 16.1. The number of rotatable bonds is 5. The molecule has 2 N–H and O–H groups in total. The molecule has 0 bridgehead atoms. The summed E-state index contributed by atoms with van der Waals surface area (Å²) in [7, 11) is 0. The van der Waals surface area contributed by atoms with Crippen molar-refractivity contribution in [3.8, 4) is 0 Å². The summed E-state index contributed by atoms with van der Waals surface area (Å²) in [4.78, 5) is 11.2. The lowest BCUT2D eigenvalue weighted by molar-refractivity contribution is 0.523. The fraction of sp³-hybridized carbons (Fsp3) is 0.556. The van der Waals surface area contributed by atoms with Gasteiger partial charge < -0.3 is 5.73 Å². The molecule has 0 saturated carbocycles. The predicted molar refractivity (Wildman–Crippen MR) is 51.4 cm³/mol. The normalized spacial score (nSPS) is 10.2. The van der Waals surface area contributed by atoms with Gasteiger partial charge >= 0.3 is 0 Å². The first-order valence-electron chi connectivity index (χ1n) is 4.57. The van der Waals surface area contributed by atoms with Crippen molar-refractivity contribution in [2.75, 3.05) is 6.54 Å². The summed E-state index contributed by atoms with van der Waals surface area (Å²) in [5.41, 5.74) is 5.32. The first-order chi connectivity index (χ1) is 6.34. The maximum absolute atomic E-state index is 11.2. The summed E-state index contributed by atoms with van der Waals surface area (Å²) in [5.74, 6) is 0. The van der Waals surface area contributed by atoms with Crippen molar-refractivity contribution in [3.05, 3.63) is 28.7 Å². The molecule has 0 fully saturated rings. The first kappa shape index (κ1) is 9.92. The molecule has 0 unspecified atom stereocenters. The van der Waals surface area contributed by atoms with Crippen LogP contribution in [0.25, 0.3) is 0 Å². The van der Waals surface area contributed by atoms with Crippen molar-refractivity contribution in [3.63, 3.8) is 0 Å². The molecule has 1 heterocycles. The van der Waals surface area contributed by atoms with E-state index in [4.69, 9.17) is 5.73 Å². The van der Waals surface area contributed by atoms with Crippen molar-refractivity contribution in [1.82, 2.24) is 9.78 Å². The van der Waals surface area contributed by atoms with Crippen LogP contribution in [0.3, 0.4) is 0 Å². The molecule has 0 saturated heterocycles. The van der Waals surface area contributed by atoms with Gasteiger partial charge in [0.15, 0.2) is 0 Å². The predicted octanol–water partition coefficient (Wildman–Crippen LogP) is 0.372. The van der Waals surface area contributed by atoms with Gasteiger partial charge in [-0.15, -0.1) is 0 Å². The molecule has 0 atom stereocenters. The fourth-order valence-electron chi connectivity index (χ4n) is 1.14. The van der Waals surface area contributed by atoms with E-state index in [1.165, 1.54) is 10.7 Å². The Bertz CT molecular complexity index is 295. The molecule has 0 amide bonds. The fourth-order valence-corrected chi connectivity index (χ4v) is 1.14. The molecule has 0 aliphatic heterocycles. The Balaban J connectivity index is 2.37. The summed E-state index contributed by atoms with van der Waals surface area (Å²) in [6.07, 6.45) is 4.67. The molecular weight excluding hydrogens is 166 g/mol. The van der Waals surface area contributed by atoms with Crippen LogP contribution in [0.15, 0.2) is 23.1 Å². The van der Waals surface area contributed by atoms with Crippen LogP contribution in [0, 0.1) is 0 Å². The highest BCUT2D eigenvalue weighted by Gasteiger charge is 1.94. The van der Waals surface area contributed by atoms with E-state index in [0.717, 1.165) is 25.8 Å². The van der Waals surface area contributed by atoms with E-state index in [9.17, 15) is 4.79 Å². The Morgan fingerprint density at radius 3 is 2.92 bits per heavy atom. The Hall–Kier alpha value is -1.16. The van der Waals surface area contributed by atoms with Gasteiger partial charge in [0, 0.05) is 18.8 Å². The molecule has 0 aliphatic carbocycles. The van der Waals surface area contributed by atoms with Gasteiger partial charge in [0.25, 0.3) is 5.56 Å². The molecule has 4 heteroatoms. The Labute approximate surface area is 77.4 Å². The zero-order valence-electron chi connectivity index (χ0n) is 7.65. The molecule has 1 rings (SSSR count). The van der Waals surface area contributed by atoms with Gasteiger partial charge in [-0.1, -0.05) is 6.42 Å². The third-order valence-electron chi connectivity index (χ3n) is 1.86. The third kappa shape index (κ3) is 3.38. The molecule has 1 aromatic rings. The Morgan fingerprint density at radius 1 is 1.38 bits per heavy atom. The number of hydrogen-bond donors (Lipinski definition) is 1. The molecule has 0 aromatic carbocycles. The molecular formula is C9H15N3O. The van der Waals surface area contributed by atoms with Crippen molar-refractivity contribution < 1.29 is 0 Å². The number of aromatic nitrogens is 2. The summed E-state index contributed by atoms with van der Waals surface area (Å²) in [6.45, 7) is 1.41. The van der Waals surface area contributed by atoms with Crippen molar-refractivity contribution in [2.24, 2.45) is 5.73 Å². The van der Waals surface area contributed by atoms with Crippen molar-refractivity contribution in [1.29, 1.82) is 0 Å². The zero-order valence-corrected chi connectivity index (χ0v) is 7.65. The zero-order chi connectivity index (χ0) is 9.52. The van der Waals surface area contributed by atoms with Crippen LogP contribution in [0.2, 0.25) is 0 Å². The van der Waals surface area contributed by atoms with Crippen LogP contribution >= 0.6 is 0 Å². The molecule has 13 heavy (non-hydrogen) atoms. The molecule has 4 nitrogen and oxygen atoms in total. The van der Waals surface area contributed by atoms with E-state index in [0.29, 0.717) is 6.54 Å². The van der Waals surface area contributed by atoms with Gasteiger partial charge in [0.05, 0.1) is 0 Å². The topological polar surface area (TPSA) is 60.9 Å². The molecule has 0 radical (unpaired) electrons. The van der Waals surface area contributed by atoms with E-state index in [2.05, 4.69) is 5.10 Å². The SMILES string of the molecule is NCCCCCn1ncccc1=O. The van der Waals surface area contributed by atoms with Crippen LogP contribution in [0.1, 0.15) is 19.3 Å². The minimum atomic E-state index is -0.0322. The van der Waals surface area contributed by atoms with Gasteiger partial charge in [0.1, 0.15) is 0 Å². The van der Waals surface area contributed by atoms with Crippen LogP contribution in [0.4, 0.5) is 0 Å². The number of unbranched alkanes of at least 4 members (excludes halogenated alkanes) is 2. The number of nitrogens with two attached hydrogens (primary N) is 1. The van der Waals surface area contributed by atoms with Crippen LogP contribution < -0.4 is 11.3 Å². The summed E-state index contributed by atoms with van der Waals surface area (Å²) in [6, 6.07) is 3.18. The van der Waals surface area contributed by atoms with Gasteiger partial charge in [-0.05, 0) is 25.5 Å². The second kappa shape index (κ2) is 5.48. The lowest BCUT2D eigenvalue weighted by Gasteiger charge is -2.01. The van der Waals surface area contributed by atoms with Gasteiger partial charge in [0.2, 0.25) is 0 Å². The van der Waals surface area contributed by atoms with Crippen LogP contribution in [0.5, 0.6) is 0 Å². The Morgan fingerprint density at radius 2 is 2.23 bits per heavy atom. The minimum Gasteiger partial charge on any atom is -0.330 e. The van der Waals surface area contributed by atoms with E-state index in [1.54, 1.807) is 12.3 Å². The summed E-state index contributed by atoms with van der Waals surface area (Å²) < 4.78 is 1.48. The highest BCUT2D eigenvalue weighted by molar-refractivity contribution is 4.84.